The van der Waals surface area contributed by atoms with Gasteiger partial charge in [-0.25, -0.2) is 14.8 Å². The maximum Gasteiger partial charge on any atom is 0.319 e. The van der Waals surface area contributed by atoms with Gasteiger partial charge in [0, 0.05) is 37.2 Å². The first kappa shape index (κ1) is 16.2. The fourth-order valence-electron chi connectivity index (χ4n) is 3.08. The molecule has 0 spiro atoms. The molecule has 1 aromatic carbocycles. The first-order valence-electron chi connectivity index (χ1n) is 8.29. The lowest BCUT2D eigenvalue weighted by Gasteiger charge is -2.33. The molecule has 1 aliphatic rings. The standard InChI is InChI=1S/C18H23N5O/c1-13-6-3-7-14(2)16(13)22-18(24)21-15-8-4-11-23(12-15)17-19-9-5-10-20-17/h3,5-7,9-10,15H,4,8,11-12H2,1-2H3,(H2,21,22,24)/t15-/m0/s1. The molecule has 0 aliphatic carbocycles. The van der Waals surface area contributed by atoms with Crippen molar-refractivity contribution in [3.05, 3.63) is 47.8 Å². The van der Waals surface area contributed by atoms with E-state index in [4.69, 9.17) is 0 Å². The van der Waals surface area contributed by atoms with E-state index < -0.39 is 0 Å². The van der Waals surface area contributed by atoms with Crippen LogP contribution < -0.4 is 15.5 Å². The van der Waals surface area contributed by atoms with Crippen molar-refractivity contribution in [2.45, 2.75) is 32.7 Å². The van der Waals surface area contributed by atoms with Crippen molar-refractivity contribution in [3.8, 4) is 0 Å². The van der Waals surface area contributed by atoms with Gasteiger partial charge < -0.3 is 15.5 Å². The lowest BCUT2D eigenvalue weighted by molar-refractivity contribution is 0.246. The Balaban J connectivity index is 1.60. The molecule has 6 nitrogen and oxygen atoms in total. The SMILES string of the molecule is Cc1cccc(C)c1NC(=O)N[C@H]1CCCN(c2ncccn2)C1. The van der Waals surface area contributed by atoms with Crippen molar-refractivity contribution in [2.24, 2.45) is 0 Å². The van der Waals surface area contributed by atoms with E-state index >= 15 is 0 Å². The van der Waals surface area contributed by atoms with Gasteiger partial charge in [-0.05, 0) is 43.9 Å². The van der Waals surface area contributed by atoms with Gasteiger partial charge in [0.25, 0.3) is 0 Å². The molecule has 2 aromatic rings. The summed E-state index contributed by atoms with van der Waals surface area (Å²) in [6.07, 6.45) is 5.45. The van der Waals surface area contributed by atoms with Gasteiger partial charge in [-0.3, -0.25) is 0 Å². The zero-order valence-electron chi connectivity index (χ0n) is 14.1. The molecule has 1 aromatic heterocycles. The molecule has 2 amide bonds. The molecular weight excluding hydrogens is 302 g/mol. The number of aryl methyl sites for hydroxylation is 2. The van der Waals surface area contributed by atoms with Crippen molar-refractivity contribution >= 4 is 17.7 Å². The predicted octanol–water partition coefficient (Wildman–Crippen LogP) is 2.88. The zero-order valence-corrected chi connectivity index (χ0v) is 14.1. The number of aromatic nitrogens is 2. The number of anilines is 2. The molecule has 24 heavy (non-hydrogen) atoms. The molecule has 0 bridgehead atoms. The third-order valence-electron chi connectivity index (χ3n) is 4.31. The Morgan fingerprint density at radius 1 is 1.17 bits per heavy atom. The number of para-hydroxylation sites is 1. The molecule has 3 rings (SSSR count). The Hall–Kier alpha value is -2.63. The zero-order chi connectivity index (χ0) is 16.9. The van der Waals surface area contributed by atoms with Crippen molar-refractivity contribution in [1.82, 2.24) is 15.3 Å². The molecule has 6 heteroatoms. The number of urea groups is 1. The number of nitrogens with one attached hydrogen (secondary N) is 2. The molecule has 126 valence electrons. The molecular formula is C18H23N5O. The maximum absolute atomic E-state index is 12.4. The van der Waals surface area contributed by atoms with Crippen LogP contribution in [-0.2, 0) is 0 Å². The van der Waals surface area contributed by atoms with E-state index in [0.29, 0.717) is 0 Å². The van der Waals surface area contributed by atoms with E-state index in [2.05, 4.69) is 25.5 Å². The average Bonchev–Trinajstić information content (AvgIpc) is 2.59. The van der Waals surface area contributed by atoms with Crippen LogP contribution in [0.15, 0.2) is 36.7 Å². The number of carbonyl (C=O) groups is 1. The molecule has 2 N–H and O–H groups in total. The van der Waals surface area contributed by atoms with E-state index in [1.54, 1.807) is 18.5 Å². The van der Waals surface area contributed by atoms with Crippen molar-refractivity contribution < 1.29 is 4.79 Å². The quantitative estimate of drug-likeness (QED) is 0.910. The van der Waals surface area contributed by atoms with E-state index in [-0.39, 0.29) is 12.1 Å². The monoisotopic (exact) mass is 325 g/mol. The smallest absolute Gasteiger partial charge is 0.319 e. The van der Waals surface area contributed by atoms with Crippen LogP contribution in [0.1, 0.15) is 24.0 Å². The third kappa shape index (κ3) is 3.82. The fourth-order valence-corrected chi connectivity index (χ4v) is 3.08. The highest BCUT2D eigenvalue weighted by Gasteiger charge is 2.23. The number of hydrogen-bond donors (Lipinski definition) is 2. The van der Waals surface area contributed by atoms with Crippen LogP contribution in [-0.4, -0.2) is 35.1 Å². The lowest BCUT2D eigenvalue weighted by Crippen LogP contribution is -2.49. The number of rotatable bonds is 3. The van der Waals surface area contributed by atoms with Crippen molar-refractivity contribution in [1.29, 1.82) is 0 Å². The molecule has 0 radical (unpaired) electrons. The largest absolute Gasteiger partial charge is 0.339 e. The summed E-state index contributed by atoms with van der Waals surface area (Å²) in [6, 6.07) is 7.73. The number of amides is 2. The first-order valence-corrected chi connectivity index (χ1v) is 8.29. The van der Waals surface area contributed by atoms with Gasteiger partial charge in [0.15, 0.2) is 0 Å². The topological polar surface area (TPSA) is 70.2 Å². The highest BCUT2D eigenvalue weighted by atomic mass is 16.2. The van der Waals surface area contributed by atoms with Gasteiger partial charge in [0.05, 0.1) is 0 Å². The molecule has 1 saturated heterocycles. The number of hydrogen-bond acceptors (Lipinski definition) is 4. The van der Waals surface area contributed by atoms with Crippen LogP contribution in [0.5, 0.6) is 0 Å². The Bertz CT molecular complexity index is 684. The predicted molar refractivity (Wildman–Crippen MR) is 95.3 cm³/mol. The first-order chi connectivity index (χ1) is 11.6. The number of benzene rings is 1. The number of nitrogens with zero attached hydrogens (tertiary/aromatic N) is 3. The number of carbonyl (C=O) groups excluding carboxylic acids is 1. The summed E-state index contributed by atoms with van der Waals surface area (Å²) in [7, 11) is 0. The second-order valence-corrected chi connectivity index (χ2v) is 6.20. The second kappa shape index (κ2) is 7.29. The third-order valence-corrected chi connectivity index (χ3v) is 4.31. The van der Waals surface area contributed by atoms with E-state index in [9.17, 15) is 4.79 Å². The van der Waals surface area contributed by atoms with Crippen LogP contribution in [0.2, 0.25) is 0 Å². The summed E-state index contributed by atoms with van der Waals surface area (Å²) in [6.45, 7) is 5.64. The minimum atomic E-state index is -0.159. The van der Waals surface area contributed by atoms with Gasteiger partial charge in [0.1, 0.15) is 0 Å². The highest BCUT2D eigenvalue weighted by Crippen LogP contribution is 2.20. The Labute approximate surface area is 142 Å². The van der Waals surface area contributed by atoms with Crippen LogP contribution in [0.4, 0.5) is 16.4 Å². The molecule has 2 heterocycles. The lowest BCUT2D eigenvalue weighted by atomic mass is 10.1. The summed E-state index contributed by atoms with van der Waals surface area (Å²) in [5, 5.41) is 6.05. The Morgan fingerprint density at radius 3 is 2.58 bits per heavy atom. The molecule has 0 unspecified atom stereocenters. The fraction of sp³-hybridized carbons (Fsp3) is 0.389. The van der Waals surface area contributed by atoms with Gasteiger partial charge in [-0.15, -0.1) is 0 Å². The summed E-state index contributed by atoms with van der Waals surface area (Å²) >= 11 is 0. The average molecular weight is 325 g/mol. The van der Waals surface area contributed by atoms with Gasteiger partial charge in [0.2, 0.25) is 5.95 Å². The van der Waals surface area contributed by atoms with Gasteiger partial charge in [-0.2, -0.15) is 0 Å². The van der Waals surface area contributed by atoms with Gasteiger partial charge >= 0.3 is 6.03 Å². The minimum absolute atomic E-state index is 0.0897. The van der Waals surface area contributed by atoms with E-state index in [0.717, 1.165) is 48.7 Å². The van der Waals surface area contributed by atoms with Crippen LogP contribution in [0, 0.1) is 13.8 Å². The summed E-state index contributed by atoms with van der Waals surface area (Å²) in [5.41, 5.74) is 3.01. The summed E-state index contributed by atoms with van der Waals surface area (Å²) < 4.78 is 0. The normalized spacial score (nSPS) is 17.4. The summed E-state index contributed by atoms with van der Waals surface area (Å²) in [5.74, 6) is 0.721. The van der Waals surface area contributed by atoms with Crippen LogP contribution in [0.3, 0.4) is 0 Å². The Kier molecular flexibility index (Phi) is 4.93. The maximum atomic E-state index is 12.4. The highest BCUT2D eigenvalue weighted by molar-refractivity contribution is 5.91. The second-order valence-electron chi connectivity index (χ2n) is 6.20. The minimum Gasteiger partial charge on any atom is -0.339 e. The number of piperidine rings is 1. The molecule has 0 saturated carbocycles. The molecule has 1 fully saturated rings. The molecule has 1 atom stereocenters. The van der Waals surface area contributed by atoms with Crippen molar-refractivity contribution in [3.63, 3.8) is 0 Å². The van der Waals surface area contributed by atoms with Gasteiger partial charge in [-0.1, -0.05) is 18.2 Å². The van der Waals surface area contributed by atoms with Crippen LogP contribution >= 0.6 is 0 Å². The molecule has 1 aliphatic heterocycles. The summed E-state index contributed by atoms with van der Waals surface area (Å²) in [4.78, 5) is 23.1. The Morgan fingerprint density at radius 2 is 1.88 bits per heavy atom. The van der Waals surface area contributed by atoms with E-state index in [1.807, 2.05) is 32.0 Å². The van der Waals surface area contributed by atoms with E-state index in [1.165, 1.54) is 0 Å². The van der Waals surface area contributed by atoms with Crippen LogP contribution in [0.25, 0.3) is 0 Å². The van der Waals surface area contributed by atoms with Crippen molar-refractivity contribution in [2.75, 3.05) is 23.3 Å².